The van der Waals surface area contributed by atoms with Crippen molar-refractivity contribution in [3.8, 4) is 5.75 Å². The first kappa shape index (κ1) is 21.4. The Balaban J connectivity index is 2.56. The number of sulfonamides is 1. The van der Waals surface area contributed by atoms with Crippen LogP contribution in [0.1, 0.15) is 25.0 Å². The molecule has 8 heteroatoms. The third kappa shape index (κ3) is 5.10. The zero-order valence-corrected chi connectivity index (χ0v) is 17.5. The van der Waals surface area contributed by atoms with E-state index in [9.17, 15) is 13.2 Å². The number of ether oxygens (including phenoxy) is 1. The number of hydrazone groups is 1. The average molecular weight is 404 g/mol. The molecule has 0 saturated carbocycles. The van der Waals surface area contributed by atoms with Gasteiger partial charge in [-0.1, -0.05) is 23.8 Å². The fourth-order valence-corrected chi connectivity index (χ4v) is 3.90. The van der Waals surface area contributed by atoms with Gasteiger partial charge < -0.3 is 4.74 Å². The van der Waals surface area contributed by atoms with E-state index in [1.54, 1.807) is 38.1 Å². The molecule has 0 aliphatic heterocycles. The topological polar surface area (TPSA) is 88.1 Å². The van der Waals surface area contributed by atoms with Crippen LogP contribution < -0.4 is 14.5 Å². The van der Waals surface area contributed by atoms with Gasteiger partial charge in [0.1, 0.15) is 12.3 Å². The van der Waals surface area contributed by atoms with Gasteiger partial charge in [0.05, 0.1) is 17.7 Å². The molecule has 0 heterocycles. The number of benzene rings is 2. The molecule has 2 aromatic rings. The van der Waals surface area contributed by atoms with Gasteiger partial charge in [-0.3, -0.25) is 9.10 Å². The van der Waals surface area contributed by atoms with Crippen molar-refractivity contribution in [3.05, 3.63) is 53.6 Å². The highest BCUT2D eigenvalue weighted by molar-refractivity contribution is 7.92. The SMILES string of the molecule is COc1ccc(C)cc1N(CC(=O)NN=C(C)C)S(=O)(=O)c1ccc(C)cc1. The van der Waals surface area contributed by atoms with Gasteiger partial charge in [0, 0.05) is 5.71 Å². The number of anilines is 1. The van der Waals surface area contributed by atoms with Crippen molar-refractivity contribution in [2.24, 2.45) is 5.10 Å². The van der Waals surface area contributed by atoms with E-state index in [0.717, 1.165) is 15.4 Å². The van der Waals surface area contributed by atoms with Crippen LogP contribution in [0.5, 0.6) is 5.75 Å². The van der Waals surface area contributed by atoms with E-state index in [0.29, 0.717) is 11.5 Å². The first-order chi connectivity index (χ1) is 13.1. The van der Waals surface area contributed by atoms with Crippen molar-refractivity contribution in [1.29, 1.82) is 0 Å². The molecule has 2 rings (SSSR count). The molecule has 1 amide bonds. The maximum Gasteiger partial charge on any atom is 0.264 e. The third-order valence-corrected chi connectivity index (χ3v) is 5.68. The van der Waals surface area contributed by atoms with Crippen molar-refractivity contribution in [2.45, 2.75) is 32.6 Å². The molecule has 2 aromatic carbocycles. The molecule has 1 N–H and O–H groups in total. The predicted molar refractivity (Wildman–Crippen MR) is 110 cm³/mol. The van der Waals surface area contributed by atoms with Crippen LogP contribution in [0, 0.1) is 13.8 Å². The van der Waals surface area contributed by atoms with Gasteiger partial charge in [-0.25, -0.2) is 13.8 Å². The van der Waals surface area contributed by atoms with E-state index in [4.69, 9.17) is 4.74 Å². The Morgan fingerprint density at radius 3 is 2.25 bits per heavy atom. The molecule has 150 valence electrons. The lowest BCUT2D eigenvalue weighted by Crippen LogP contribution is -2.40. The van der Waals surface area contributed by atoms with Crippen molar-refractivity contribution in [1.82, 2.24) is 5.43 Å². The van der Waals surface area contributed by atoms with E-state index in [1.807, 2.05) is 19.9 Å². The molecule has 0 radical (unpaired) electrons. The summed E-state index contributed by atoms with van der Waals surface area (Å²) in [5.74, 6) is -0.204. The summed E-state index contributed by atoms with van der Waals surface area (Å²) < 4.78 is 33.1. The number of nitrogens with zero attached hydrogens (tertiary/aromatic N) is 2. The minimum atomic E-state index is -4.01. The van der Waals surface area contributed by atoms with Crippen LogP contribution in [0.3, 0.4) is 0 Å². The first-order valence-electron chi connectivity index (χ1n) is 8.69. The Morgan fingerprint density at radius 2 is 1.68 bits per heavy atom. The summed E-state index contributed by atoms with van der Waals surface area (Å²) >= 11 is 0. The van der Waals surface area contributed by atoms with Crippen molar-refractivity contribution >= 4 is 27.3 Å². The van der Waals surface area contributed by atoms with Crippen LogP contribution in [0.15, 0.2) is 52.5 Å². The molecule has 0 aromatic heterocycles. The van der Waals surface area contributed by atoms with Gasteiger partial charge >= 0.3 is 0 Å². The predicted octanol–water partition coefficient (Wildman–Crippen LogP) is 3.02. The number of methoxy groups -OCH3 is 1. The summed E-state index contributed by atoms with van der Waals surface area (Å²) in [5.41, 5.74) is 5.07. The standard InChI is InChI=1S/C20H25N3O4S/c1-14(2)21-22-20(24)13-23(18-12-16(4)8-11-19(18)27-5)28(25,26)17-9-6-15(3)7-10-17/h6-12H,13H2,1-5H3,(H,22,24). The number of hydrogen-bond acceptors (Lipinski definition) is 5. The molecule has 0 unspecified atom stereocenters. The Hall–Kier alpha value is -2.87. The van der Waals surface area contributed by atoms with E-state index in [1.165, 1.54) is 19.2 Å². The van der Waals surface area contributed by atoms with Gasteiger partial charge in [0.25, 0.3) is 15.9 Å². The maximum absolute atomic E-state index is 13.4. The fourth-order valence-electron chi connectivity index (χ4n) is 2.47. The molecule has 0 bridgehead atoms. The number of amides is 1. The number of carbonyl (C=O) groups is 1. The molecule has 0 fully saturated rings. The van der Waals surface area contributed by atoms with Crippen LogP contribution in [0.4, 0.5) is 5.69 Å². The molecule has 0 atom stereocenters. The van der Waals surface area contributed by atoms with Crippen molar-refractivity contribution < 1.29 is 17.9 Å². The summed E-state index contributed by atoms with van der Waals surface area (Å²) in [6.45, 7) is 6.73. The Morgan fingerprint density at radius 1 is 1.07 bits per heavy atom. The van der Waals surface area contributed by atoms with Crippen LogP contribution in [-0.2, 0) is 14.8 Å². The van der Waals surface area contributed by atoms with Gasteiger partial charge in [-0.05, 0) is 57.5 Å². The zero-order valence-electron chi connectivity index (χ0n) is 16.7. The highest BCUT2D eigenvalue weighted by Crippen LogP contribution is 2.33. The Bertz CT molecular complexity index is 979. The zero-order chi connectivity index (χ0) is 20.9. The van der Waals surface area contributed by atoms with Gasteiger partial charge in [-0.15, -0.1) is 0 Å². The molecular weight excluding hydrogens is 378 g/mol. The summed E-state index contributed by atoms with van der Waals surface area (Å²) in [4.78, 5) is 12.5. The minimum Gasteiger partial charge on any atom is -0.495 e. The maximum atomic E-state index is 13.4. The Kier molecular flexibility index (Phi) is 6.80. The van der Waals surface area contributed by atoms with Crippen LogP contribution in [0.2, 0.25) is 0 Å². The van der Waals surface area contributed by atoms with E-state index >= 15 is 0 Å². The van der Waals surface area contributed by atoms with Gasteiger partial charge in [-0.2, -0.15) is 5.10 Å². The molecule has 0 spiro atoms. The molecule has 28 heavy (non-hydrogen) atoms. The third-order valence-electron chi connectivity index (χ3n) is 3.90. The second-order valence-corrected chi connectivity index (χ2v) is 8.46. The average Bonchev–Trinajstić information content (AvgIpc) is 2.64. The van der Waals surface area contributed by atoms with Crippen molar-refractivity contribution in [3.63, 3.8) is 0 Å². The lowest BCUT2D eigenvalue weighted by atomic mass is 10.2. The number of hydrogen-bond donors (Lipinski definition) is 1. The monoisotopic (exact) mass is 403 g/mol. The van der Waals surface area contributed by atoms with Crippen molar-refractivity contribution in [2.75, 3.05) is 18.0 Å². The van der Waals surface area contributed by atoms with E-state index < -0.39 is 22.5 Å². The lowest BCUT2D eigenvalue weighted by molar-refractivity contribution is -0.119. The Labute approximate surface area is 166 Å². The molecule has 0 aliphatic carbocycles. The summed E-state index contributed by atoms with van der Waals surface area (Å²) in [7, 11) is -2.56. The number of rotatable bonds is 7. The van der Waals surface area contributed by atoms with Gasteiger partial charge in [0.15, 0.2) is 0 Å². The highest BCUT2D eigenvalue weighted by atomic mass is 32.2. The van der Waals surface area contributed by atoms with Crippen LogP contribution in [-0.4, -0.2) is 33.7 Å². The lowest BCUT2D eigenvalue weighted by Gasteiger charge is -2.25. The molecular formula is C20H25N3O4S. The number of nitrogens with one attached hydrogen (secondary N) is 1. The second kappa shape index (κ2) is 8.88. The summed E-state index contributed by atoms with van der Waals surface area (Å²) in [6.07, 6.45) is 0. The first-order valence-corrected chi connectivity index (χ1v) is 10.1. The van der Waals surface area contributed by atoms with Crippen LogP contribution in [0.25, 0.3) is 0 Å². The normalized spacial score (nSPS) is 10.9. The fraction of sp³-hybridized carbons (Fsp3) is 0.300. The second-order valence-electron chi connectivity index (χ2n) is 6.59. The highest BCUT2D eigenvalue weighted by Gasteiger charge is 2.29. The molecule has 7 nitrogen and oxygen atoms in total. The summed E-state index contributed by atoms with van der Waals surface area (Å²) in [5, 5.41) is 3.86. The minimum absolute atomic E-state index is 0.0876. The smallest absolute Gasteiger partial charge is 0.264 e. The largest absolute Gasteiger partial charge is 0.495 e. The van der Waals surface area contributed by atoms with E-state index in [-0.39, 0.29) is 10.6 Å². The quantitative estimate of drug-likeness (QED) is 0.569. The number of aryl methyl sites for hydroxylation is 2. The number of carbonyl (C=O) groups excluding carboxylic acids is 1. The van der Waals surface area contributed by atoms with E-state index in [2.05, 4.69) is 10.5 Å². The van der Waals surface area contributed by atoms with Gasteiger partial charge in [0.2, 0.25) is 0 Å². The molecule has 0 saturated heterocycles. The summed E-state index contributed by atoms with van der Waals surface area (Å²) in [6, 6.07) is 11.6. The molecule has 0 aliphatic rings. The van der Waals surface area contributed by atoms with Crippen LogP contribution >= 0.6 is 0 Å².